The van der Waals surface area contributed by atoms with Crippen LogP contribution in [0, 0.1) is 5.92 Å². The molecular weight excluding hydrogens is 128 g/mol. The van der Waals surface area contributed by atoms with Crippen molar-refractivity contribution in [2.24, 2.45) is 5.92 Å². The highest BCUT2D eigenvalue weighted by molar-refractivity contribution is 5.29. The van der Waals surface area contributed by atoms with E-state index in [0.717, 1.165) is 5.57 Å². The van der Waals surface area contributed by atoms with Crippen LogP contribution in [-0.4, -0.2) is 18.5 Å². The molecule has 0 amide bonds. The summed E-state index contributed by atoms with van der Waals surface area (Å²) in [5.41, 5.74) is 0.856. The molecule has 1 N–H and O–H groups in total. The molecule has 0 saturated heterocycles. The predicted molar refractivity (Wildman–Crippen MR) is 39.4 cm³/mol. The number of allylic oxidation sites excluding steroid dienone is 2. The van der Waals surface area contributed by atoms with E-state index in [9.17, 15) is 0 Å². The van der Waals surface area contributed by atoms with Crippen molar-refractivity contribution >= 4 is 0 Å². The van der Waals surface area contributed by atoms with Gasteiger partial charge in [-0.25, -0.2) is 0 Å². The third kappa shape index (κ3) is 1.46. The third-order valence-corrected chi connectivity index (χ3v) is 1.56. The van der Waals surface area contributed by atoms with Crippen LogP contribution in [0.25, 0.3) is 0 Å². The van der Waals surface area contributed by atoms with Crippen molar-refractivity contribution in [2.75, 3.05) is 7.11 Å². The van der Waals surface area contributed by atoms with Gasteiger partial charge in [0.1, 0.15) is 0 Å². The standard InChI is InChI=1S/C8H12O2/c1-6-3-4-7(5-6)8(9)10-2/h3-6,8-9H,1-2H3. The Labute approximate surface area is 60.8 Å². The van der Waals surface area contributed by atoms with E-state index in [0.29, 0.717) is 5.92 Å². The molecule has 0 heterocycles. The van der Waals surface area contributed by atoms with Crippen LogP contribution in [0.4, 0.5) is 0 Å². The summed E-state index contributed by atoms with van der Waals surface area (Å²) >= 11 is 0. The molecule has 0 fully saturated rings. The number of methoxy groups -OCH3 is 1. The van der Waals surface area contributed by atoms with Gasteiger partial charge in [-0.15, -0.1) is 0 Å². The fraction of sp³-hybridized carbons (Fsp3) is 0.500. The summed E-state index contributed by atoms with van der Waals surface area (Å²) in [6.07, 6.45) is 5.14. The summed E-state index contributed by atoms with van der Waals surface area (Å²) in [5.74, 6) is 0.430. The summed E-state index contributed by atoms with van der Waals surface area (Å²) in [5, 5.41) is 9.13. The Balaban J connectivity index is 2.58. The first kappa shape index (κ1) is 7.51. The molecule has 0 aromatic rings. The summed E-state index contributed by atoms with van der Waals surface area (Å²) in [7, 11) is 1.49. The van der Waals surface area contributed by atoms with E-state index in [2.05, 4.69) is 6.92 Å². The fourth-order valence-corrected chi connectivity index (χ4v) is 0.978. The molecule has 1 rings (SSSR count). The number of aliphatic hydroxyl groups is 1. The van der Waals surface area contributed by atoms with Crippen LogP contribution >= 0.6 is 0 Å². The minimum absolute atomic E-state index is 0.430. The molecule has 0 aliphatic heterocycles. The molecule has 0 radical (unpaired) electrons. The van der Waals surface area contributed by atoms with Gasteiger partial charge in [0.2, 0.25) is 0 Å². The van der Waals surface area contributed by atoms with E-state index in [1.165, 1.54) is 7.11 Å². The summed E-state index contributed by atoms with van der Waals surface area (Å²) < 4.78 is 4.72. The molecule has 1 aliphatic carbocycles. The Morgan fingerprint density at radius 3 is 2.80 bits per heavy atom. The smallest absolute Gasteiger partial charge is 0.180 e. The molecule has 2 atom stereocenters. The fourth-order valence-electron chi connectivity index (χ4n) is 0.978. The van der Waals surface area contributed by atoms with Crippen LogP contribution in [0.1, 0.15) is 6.92 Å². The Bertz CT molecular complexity index is 170. The number of ether oxygens (including phenoxy) is 1. The van der Waals surface area contributed by atoms with Gasteiger partial charge >= 0.3 is 0 Å². The summed E-state index contributed by atoms with van der Waals surface area (Å²) in [4.78, 5) is 0. The first-order chi connectivity index (χ1) is 4.74. The van der Waals surface area contributed by atoms with Gasteiger partial charge in [0.05, 0.1) is 0 Å². The van der Waals surface area contributed by atoms with Gasteiger partial charge < -0.3 is 9.84 Å². The normalized spacial score (nSPS) is 26.7. The number of aliphatic hydroxyl groups excluding tert-OH is 1. The van der Waals surface area contributed by atoms with Gasteiger partial charge in [-0.2, -0.15) is 0 Å². The van der Waals surface area contributed by atoms with Crippen molar-refractivity contribution in [1.29, 1.82) is 0 Å². The lowest BCUT2D eigenvalue weighted by atomic mass is 10.2. The average Bonchev–Trinajstić information content (AvgIpc) is 2.34. The Morgan fingerprint density at radius 2 is 2.40 bits per heavy atom. The average molecular weight is 140 g/mol. The van der Waals surface area contributed by atoms with Crippen LogP contribution in [0.2, 0.25) is 0 Å². The molecule has 2 unspecified atom stereocenters. The first-order valence-corrected chi connectivity index (χ1v) is 3.35. The van der Waals surface area contributed by atoms with Crippen LogP contribution in [0.15, 0.2) is 23.8 Å². The van der Waals surface area contributed by atoms with Crippen molar-refractivity contribution in [2.45, 2.75) is 13.2 Å². The van der Waals surface area contributed by atoms with Gasteiger partial charge in [0.25, 0.3) is 0 Å². The quantitative estimate of drug-likeness (QED) is 0.582. The molecule has 0 saturated carbocycles. The van der Waals surface area contributed by atoms with Crippen molar-refractivity contribution in [1.82, 2.24) is 0 Å². The van der Waals surface area contributed by atoms with Crippen LogP contribution in [0.5, 0.6) is 0 Å². The van der Waals surface area contributed by atoms with E-state index in [1.807, 2.05) is 18.2 Å². The van der Waals surface area contributed by atoms with Crippen molar-refractivity contribution in [3.63, 3.8) is 0 Å². The largest absolute Gasteiger partial charge is 0.364 e. The predicted octanol–water partition coefficient (Wildman–Crippen LogP) is 1.08. The van der Waals surface area contributed by atoms with Crippen molar-refractivity contribution < 1.29 is 9.84 Å². The van der Waals surface area contributed by atoms with Crippen LogP contribution < -0.4 is 0 Å². The number of rotatable bonds is 2. The maximum absolute atomic E-state index is 9.13. The molecule has 0 aromatic heterocycles. The van der Waals surface area contributed by atoms with Crippen molar-refractivity contribution in [3.05, 3.63) is 23.8 Å². The maximum atomic E-state index is 9.13. The second kappa shape index (κ2) is 2.99. The van der Waals surface area contributed by atoms with Gasteiger partial charge in [-0.1, -0.05) is 25.2 Å². The summed E-state index contributed by atoms with van der Waals surface area (Å²) in [6.45, 7) is 2.06. The lowest BCUT2D eigenvalue weighted by Crippen LogP contribution is -2.09. The molecule has 2 nitrogen and oxygen atoms in total. The van der Waals surface area contributed by atoms with Gasteiger partial charge in [0, 0.05) is 12.7 Å². The molecule has 0 aromatic carbocycles. The zero-order valence-corrected chi connectivity index (χ0v) is 6.24. The Morgan fingerprint density at radius 1 is 1.70 bits per heavy atom. The SMILES string of the molecule is COC(O)C1=CC(C)C=C1. The minimum Gasteiger partial charge on any atom is -0.364 e. The monoisotopic (exact) mass is 140 g/mol. The van der Waals surface area contributed by atoms with Gasteiger partial charge in [-0.3, -0.25) is 0 Å². The minimum atomic E-state index is -0.749. The molecule has 56 valence electrons. The van der Waals surface area contributed by atoms with E-state index in [1.54, 1.807) is 0 Å². The zero-order chi connectivity index (χ0) is 7.56. The molecule has 10 heavy (non-hydrogen) atoms. The topological polar surface area (TPSA) is 29.5 Å². The third-order valence-electron chi connectivity index (χ3n) is 1.56. The Hall–Kier alpha value is -0.600. The van der Waals surface area contributed by atoms with Crippen LogP contribution in [0.3, 0.4) is 0 Å². The van der Waals surface area contributed by atoms with Gasteiger partial charge in [0.15, 0.2) is 6.29 Å². The first-order valence-electron chi connectivity index (χ1n) is 3.35. The van der Waals surface area contributed by atoms with Gasteiger partial charge in [-0.05, 0) is 5.92 Å². The van der Waals surface area contributed by atoms with Crippen LogP contribution in [-0.2, 0) is 4.74 Å². The highest BCUT2D eigenvalue weighted by atomic mass is 16.6. The molecular formula is C8H12O2. The van der Waals surface area contributed by atoms with E-state index in [4.69, 9.17) is 9.84 Å². The molecule has 2 heteroatoms. The second-order valence-electron chi connectivity index (χ2n) is 2.47. The molecule has 0 spiro atoms. The Kier molecular flexibility index (Phi) is 2.25. The van der Waals surface area contributed by atoms with E-state index < -0.39 is 6.29 Å². The highest BCUT2D eigenvalue weighted by Crippen LogP contribution is 2.17. The molecule has 0 bridgehead atoms. The number of hydrogen-bond donors (Lipinski definition) is 1. The van der Waals surface area contributed by atoms with E-state index >= 15 is 0 Å². The lowest BCUT2D eigenvalue weighted by molar-refractivity contribution is -0.0420. The second-order valence-corrected chi connectivity index (χ2v) is 2.47. The lowest BCUT2D eigenvalue weighted by Gasteiger charge is -2.06. The summed E-state index contributed by atoms with van der Waals surface area (Å²) in [6, 6.07) is 0. The highest BCUT2D eigenvalue weighted by Gasteiger charge is 2.11. The number of hydrogen-bond acceptors (Lipinski definition) is 2. The van der Waals surface area contributed by atoms with E-state index in [-0.39, 0.29) is 0 Å². The van der Waals surface area contributed by atoms with Crippen molar-refractivity contribution in [3.8, 4) is 0 Å². The zero-order valence-electron chi connectivity index (χ0n) is 6.24. The molecule has 1 aliphatic rings. The maximum Gasteiger partial charge on any atom is 0.180 e.